The van der Waals surface area contributed by atoms with Crippen molar-refractivity contribution in [1.29, 1.82) is 0 Å². The summed E-state index contributed by atoms with van der Waals surface area (Å²) >= 11 is 0. The molecular weight excluding hydrogens is 561 g/mol. The van der Waals surface area contributed by atoms with Gasteiger partial charge >= 0.3 is 12.1 Å². The van der Waals surface area contributed by atoms with Gasteiger partial charge in [-0.05, 0) is 62.3 Å². The third-order valence-electron chi connectivity index (χ3n) is 7.39. The highest BCUT2D eigenvalue weighted by Gasteiger charge is 2.43. The van der Waals surface area contributed by atoms with Crippen molar-refractivity contribution in [2.75, 3.05) is 33.0 Å². The van der Waals surface area contributed by atoms with Crippen LogP contribution in [0.4, 0.5) is 22.0 Å². The largest absolute Gasteiger partial charge is 0.493 e. The van der Waals surface area contributed by atoms with E-state index in [9.17, 15) is 18.0 Å². The minimum Gasteiger partial charge on any atom is -0.493 e. The Morgan fingerprint density at radius 1 is 1.02 bits per heavy atom. The summed E-state index contributed by atoms with van der Waals surface area (Å²) in [6.45, 7) is 4.72. The number of halogens is 5. The minimum atomic E-state index is -4.24. The molecule has 0 radical (unpaired) electrons. The zero-order valence-electron chi connectivity index (χ0n) is 23.9. The molecule has 6 nitrogen and oxygen atoms in total. The molecule has 1 aliphatic heterocycles. The number of nitrogens with zero attached hydrogens (tertiary/aromatic N) is 1. The molecule has 1 aliphatic carbocycles. The van der Waals surface area contributed by atoms with E-state index in [1.165, 1.54) is 13.8 Å². The molecule has 0 aromatic heterocycles. The fourth-order valence-corrected chi connectivity index (χ4v) is 5.63. The van der Waals surface area contributed by atoms with E-state index in [0.717, 1.165) is 34.4 Å². The van der Waals surface area contributed by atoms with Crippen LogP contribution in [0, 0.1) is 11.6 Å². The predicted octanol–water partition coefficient (Wildman–Crippen LogP) is 6.73. The third-order valence-corrected chi connectivity index (χ3v) is 7.39. The van der Waals surface area contributed by atoms with Gasteiger partial charge in [0, 0.05) is 49.9 Å². The van der Waals surface area contributed by atoms with Gasteiger partial charge in [0.2, 0.25) is 0 Å². The summed E-state index contributed by atoms with van der Waals surface area (Å²) in [5.74, 6) is -3.91. The lowest BCUT2D eigenvalue weighted by molar-refractivity contribution is -0.246. The Morgan fingerprint density at radius 2 is 1.67 bits per heavy atom. The Balaban J connectivity index is 1.40. The first-order chi connectivity index (χ1) is 19.8. The summed E-state index contributed by atoms with van der Waals surface area (Å²) < 4.78 is 86.8. The van der Waals surface area contributed by atoms with Gasteiger partial charge in [-0.25, -0.2) is 18.0 Å². The quantitative estimate of drug-likeness (QED) is 0.193. The van der Waals surface area contributed by atoms with E-state index in [2.05, 4.69) is 4.74 Å². The Bertz CT molecular complexity index is 1290. The number of aliphatic carboxylic acids is 1. The maximum Gasteiger partial charge on any atom is 0.455 e. The number of hydrogen-bond donors (Lipinski definition) is 1. The van der Waals surface area contributed by atoms with Gasteiger partial charge in [-0.3, -0.25) is 4.90 Å². The van der Waals surface area contributed by atoms with Gasteiger partial charge < -0.3 is 19.3 Å². The van der Waals surface area contributed by atoms with Gasteiger partial charge in [0.05, 0.1) is 19.3 Å². The first-order valence-corrected chi connectivity index (χ1v) is 14.0. The van der Waals surface area contributed by atoms with E-state index in [1.807, 2.05) is 36.1 Å². The topological polar surface area (TPSA) is 68.2 Å². The molecule has 11 heteroatoms. The molecule has 0 saturated carbocycles. The molecule has 2 aromatic carbocycles. The van der Waals surface area contributed by atoms with Crippen molar-refractivity contribution in [3.63, 3.8) is 0 Å². The Labute approximate surface area is 242 Å². The molecule has 230 valence electrons. The number of rotatable bonds is 14. The van der Waals surface area contributed by atoms with Gasteiger partial charge in [0.1, 0.15) is 23.1 Å². The molecule has 2 aliphatic rings. The Hall–Kier alpha value is -3.02. The summed E-state index contributed by atoms with van der Waals surface area (Å²) in [5.41, 5.74) is 2.42. The van der Waals surface area contributed by atoms with Crippen molar-refractivity contribution >= 4 is 11.5 Å². The van der Waals surface area contributed by atoms with Crippen LogP contribution in [0.2, 0.25) is 0 Å². The highest BCUT2D eigenvalue weighted by atomic mass is 19.3. The number of benzene rings is 2. The Kier molecular flexibility index (Phi) is 9.95. The maximum atomic E-state index is 15.7. The molecular formula is C31H36F5NO5. The SMILES string of the molecule is C[C@@H]1CC2=C(Cc3ccccc32)[C@@H](c2c(F)cc(OCCCOCCCOC(F)(F)C(=O)O)cc2F)N1CC(C)(C)F. The standard InChI is InChI=1S/C31H36F5NO5/c1-19-14-23-22-9-5-4-8-20(22)15-24(23)28(37(19)18-30(2,3)34)27-25(32)16-21(17-26(27)33)41-12-6-10-40-11-7-13-42-31(35,36)29(38)39/h4-5,8-9,16-17,19,28H,6-7,10-15,18H2,1-3H3,(H,38,39)/t19-,28+/m1/s1. The summed E-state index contributed by atoms with van der Waals surface area (Å²) in [6.07, 6.45) is -2.64. The summed E-state index contributed by atoms with van der Waals surface area (Å²) in [6, 6.07) is 9.28. The van der Waals surface area contributed by atoms with Crippen molar-refractivity contribution in [3.05, 3.63) is 70.3 Å². The maximum absolute atomic E-state index is 15.7. The second-order valence-electron chi connectivity index (χ2n) is 11.3. The van der Waals surface area contributed by atoms with Crippen molar-refractivity contribution in [2.24, 2.45) is 0 Å². The number of alkyl halides is 3. The molecule has 0 amide bonds. The van der Waals surface area contributed by atoms with E-state index in [4.69, 9.17) is 14.6 Å². The fraction of sp³-hybridized carbons (Fsp3) is 0.516. The van der Waals surface area contributed by atoms with Gasteiger partial charge in [0.25, 0.3) is 0 Å². The molecule has 2 aromatic rings. The van der Waals surface area contributed by atoms with Crippen LogP contribution >= 0.6 is 0 Å². The smallest absolute Gasteiger partial charge is 0.455 e. The number of carboxylic acids is 1. The minimum absolute atomic E-state index is 0.00296. The second-order valence-corrected chi connectivity index (χ2v) is 11.3. The number of carboxylic acid groups (broad SMARTS) is 1. The highest BCUT2D eigenvalue weighted by Crippen LogP contribution is 2.50. The first-order valence-electron chi connectivity index (χ1n) is 14.0. The van der Waals surface area contributed by atoms with Crippen LogP contribution < -0.4 is 4.74 Å². The van der Waals surface area contributed by atoms with E-state index >= 15 is 8.78 Å². The lowest BCUT2D eigenvalue weighted by Crippen LogP contribution is -2.47. The van der Waals surface area contributed by atoms with Crippen LogP contribution in [-0.4, -0.2) is 66.8 Å². The van der Waals surface area contributed by atoms with Crippen LogP contribution in [0.25, 0.3) is 5.57 Å². The van der Waals surface area contributed by atoms with Crippen LogP contribution in [0.5, 0.6) is 5.75 Å². The number of hydrogen-bond acceptors (Lipinski definition) is 5. The van der Waals surface area contributed by atoms with Gasteiger partial charge in [0.15, 0.2) is 0 Å². The zero-order valence-corrected chi connectivity index (χ0v) is 23.9. The van der Waals surface area contributed by atoms with E-state index in [1.54, 1.807) is 0 Å². The molecule has 42 heavy (non-hydrogen) atoms. The lowest BCUT2D eigenvalue weighted by Gasteiger charge is -2.44. The molecule has 0 fully saturated rings. The van der Waals surface area contributed by atoms with Crippen molar-refractivity contribution < 1.29 is 46.1 Å². The molecule has 1 heterocycles. The van der Waals surface area contributed by atoms with Crippen molar-refractivity contribution in [3.8, 4) is 5.75 Å². The zero-order chi connectivity index (χ0) is 30.7. The van der Waals surface area contributed by atoms with Gasteiger partial charge in [-0.15, -0.1) is 0 Å². The monoisotopic (exact) mass is 597 g/mol. The van der Waals surface area contributed by atoms with Crippen molar-refractivity contribution in [2.45, 2.75) is 70.3 Å². The second kappa shape index (κ2) is 13.1. The van der Waals surface area contributed by atoms with Crippen LogP contribution in [0.15, 0.2) is 42.0 Å². The van der Waals surface area contributed by atoms with E-state index in [-0.39, 0.29) is 50.1 Å². The molecule has 4 rings (SSSR count). The molecule has 2 atom stereocenters. The number of fused-ring (bicyclic) bond motifs is 2. The molecule has 0 bridgehead atoms. The van der Waals surface area contributed by atoms with Crippen LogP contribution in [-0.2, 0) is 20.7 Å². The predicted molar refractivity (Wildman–Crippen MR) is 146 cm³/mol. The number of ether oxygens (including phenoxy) is 3. The summed E-state index contributed by atoms with van der Waals surface area (Å²) in [7, 11) is 0. The average molecular weight is 598 g/mol. The summed E-state index contributed by atoms with van der Waals surface area (Å²) in [5, 5.41) is 8.30. The van der Waals surface area contributed by atoms with Crippen LogP contribution in [0.1, 0.15) is 62.8 Å². The molecule has 0 spiro atoms. The fourth-order valence-electron chi connectivity index (χ4n) is 5.63. The average Bonchev–Trinajstić information content (AvgIpc) is 3.26. The van der Waals surface area contributed by atoms with Crippen LogP contribution in [0.3, 0.4) is 0 Å². The number of carbonyl (C=O) groups is 1. The molecule has 0 unspecified atom stereocenters. The van der Waals surface area contributed by atoms with Gasteiger partial charge in [-0.1, -0.05) is 24.3 Å². The van der Waals surface area contributed by atoms with E-state index in [0.29, 0.717) is 19.3 Å². The first kappa shape index (κ1) is 31.9. The normalized spacial score (nSPS) is 19.1. The third kappa shape index (κ3) is 7.48. The summed E-state index contributed by atoms with van der Waals surface area (Å²) in [4.78, 5) is 12.2. The van der Waals surface area contributed by atoms with Crippen molar-refractivity contribution in [1.82, 2.24) is 4.90 Å². The lowest BCUT2D eigenvalue weighted by atomic mass is 9.84. The van der Waals surface area contributed by atoms with Gasteiger partial charge in [-0.2, -0.15) is 8.78 Å². The molecule has 0 saturated heterocycles. The van der Waals surface area contributed by atoms with E-state index < -0.39 is 42.0 Å². The molecule has 1 N–H and O–H groups in total. The Morgan fingerprint density at radius 3 is 2.31 bits per heavy atom. The highest BCUT2D eigenvalue weighted by molar-refractivity contribution is 5.79.